The van der Waals surface area contributed by atoms with Gasteiger partial charge in [0.1, 0.15) is 0 Å². The number of nitrogens with one attached hydrogen (secondary N) is 1. The molecule has 0 bridgehead atoms. The fraction of sp³-hybridized carbons (Fsp3) is 0.500. The van der Waals surface area contributed by atoms with E-state index in [1.165, 1.54) is 18.2 Å². The van der Waals surface area contributed by atoms with Crippen LogP contribution in [0.4, 0.5) is 18.9 Å². The molecule has 1 aromatic rings. The van der Waals surface area contributed by atoms with E-state index in [0.29, 0.717) is 18.5 Å². The number of nitro groups is 1. The highest BCUT2D eigenvalue weighted by molar-refractivity contribution is 6.30. The first-order chi connectivity index (χ1) is 9.29. The summed E-state index contributed by atoms with van der Waals surface area (Å²) in [6.45, 7) is 0.593. The summed E-state index contributed by atoms with van der Waals surface area (Å²) in [5.41, 5.74) is 0.357. The third-order valence-electron chi connectivity index (χ3n) is 2.62. The standard InChI is InChI=1S/C12H14ClF3N2O2/c13-10-4-3-9(11(7-10)18(19)20)8-17-6-2-1-5-12(14,15)16/h3-4,7,17H,1-2,5-6,8H2. The zero-order valence-corrected chi connectivity index (χ0v) is 11.3. The van der Waals surface area contributed by atoms with Gasteiger partial charge in [-0.15, -0.1) is 0 Å². The lowest BCUT2D eigenvalue weighted by Crippen LogP contribution is -2.16. The summed E-state index contributed by atoms with van der Waals surface area (Å²) >= 11 is 5.67. The van der Waals surface area contributed by atoms with Crippen molar-refractivity contribution >= 4 is 17.3 Å². The lowest BCUT2D eigenvalue weighted by Gasteiger charge is -2.07. The number of benzene rings is 1. The minimum absolute atomic E-state index is 0.0409. The summed E-state index contributed by atoms with van der Waals surface area (Å²) in [4.78, 5) is 10.3. The molecule has 0 aliphatic rings. The number of nitrogens with zero attached hydrogens (tertiary/aromatic N) is 1. The molecular weight excluding hydrogens is 297 g/mol. The molecule has 0 saturated carbocycles. The van der Waals surface area contributed by atoms with E-state index in [9.17, 15) is 23.3 Å². The van der Waals surface area contributed by atoms with Crippen molar-refractivity contribution in [2.24, 2.45) is 0 Å². The van der Waals surface area contributed by atoms with Crippen LogP contribution in [0.15, 0.2) is 18.2 Å². The number of alkyl halides is 3. The quantitative estimate of drug-likeness (QED) is 0.469. The van der Waals surface area contributed by atoms with Crippen molar-refractivity contribution in [2.75, 3.05) is 6.54 Å². The van der Waals surface area contributed by atoms with Gasteiger partial charge in [0.15, 0.2) is 0 Å². The molecule has 0 unspecified atom stereocenters. The third kappa shape index (κ3) is 6.21. The number of unbranched alkanes of at least 4 members (excludes halogenated alkanes) is 1. The molecule has 0 spiro atoms. The van der Waals surface area contributed by atoms with Crippen LogP contribution in [0.2, 0.25) is 5.02 Å². The average Bonchev–Trinajstić information content (AvgIpc) is 2.33. The van der Waals surface area contributed by atoms with Gasteiger partial charge in [0.25, 0.3) is 5.69 Å². The van der Waals surface area contributed by atoms with Crippen molar-refractivity contribution in [3.63, 3.8) is 0 Å². The average molecular weight is 311 g/mol. The van der Waals surface area contributed by atoms with E-state index >= 15 is 0 Å². The van der Waals surface area contributed by atoms with Crippen molar-refractivity contribution in [1.82, 2.24) is 5.32 Å². The van der Waals surface area contributed by atoms with Crippen LogP contribution in [-0.2, 0) is 6.54 Å². The minimum atomic E-state index is -4.13. The molecule has 112 valence electrons. The van der Waals surface area contributed by atoms with Gasteiger partial charge < -0.3 is 5.32 Å². The van der Waals surface area contributed by atoms with Crippen molar-refractivity contribution < 1.29 is 18.1 Å². The van der Waals surface area contributed by atoms with Crippen LogP contribution < -0.4 is 5.32 Å². The van der Waals surface area contributed by atoms with Crippen LogP contribution >= 0.6 is 11.6 Å². The maximum absolute atomic E-state index is 11.9. The summed E-state index contributed by atoms with van der Waals surface area (Å²) < 4.78 is 35.7. The van der Waals surface area contributed by atoms with E-state index in [2.05, 4.69) is 5.32 Å². The highest BCUT2D eigenvalue weighted by Gasteiger charge is 2.25. The second-order valence-corrected chi connectivity index (χ2v) is 4.72. The van der Waals surface area contributed by atoms with Gasteiger partial charge in [0.05, 0.1) is 4.92 Å². The molecule has 4 nitrogen and oxygen atoms in total. The Morgan fingerprint density at radius 3 is 2.60 bits per heavy atom. The van der Waals surface area contributed by atoms with Gasteiger partial charge in [-0.05, 0) is 31.5 Å². The Morgan fingerprint density at radius 2 is 2.00 bits per heavy atom. The molecule has 0 heterocycles. The number of hydrogen-bond acceptors (Lipinski definition) is 3. The molecule has 0 atom stereocenters. The first-order valence-electron chi connectivity index (χ1n) is 6.00. The van der Waals surface area contributed by atoms with Crippen molar-refractivity contribution in [3.05, 3.63) is 38.9 Å². The van der Waals surface area contributed by atoms with E-state index in [-0.39, 0.29) is 23.7 Å². The Bertz CT molecular complexity index is 467. The molecular formula is C12H14ClF3N2O2. The molecule has 1 N–H and O–H groups in total. The number of halogens is 4. The summed E-state index contributed by atoms with van der Waals surface area (Å²) in [5.74, 6) is 0. The smallest absolute Gasteiger partial charge is 0.312 e. The molecule has 0 fully saturated rings. The van der Waals surface area contributed by atoms with Crippen LogP contribution in [0.1, 0.15) is 24.8 Å². The molecule has 1 rings (SSSR count). The van der Waals surface area contributed by atoms with Crippen LogP contribution in [-0.4, -0.2) is 17.6 Å². The number of nitro benzene ring substituents is 1. The largest absolute Gasteiger partial charge is 0.389 e. The van der Waals surface area contributed by atoms with Gasteiger partial charge in [-0.1, -0.05) is 11.6 Å². The van der Waals surface area contributed by atoms with Crippen LogP contribution in [0, 0.1) is 10.1 Å². The second-order valence-electron chi connectivity index (χ2n) is 4.28. The monoisotopic (exact) mass is 310 g/mol. The summed E-state index contributed by atoms with van der Waals surface area (Å²) in [6, 6.07) is 4.32. The van der Waals surface area contributed by atoms with E-state index in [4.69, 9.17) is 11.6 Å². The van der Waals surface area contributed by atoms with Gasteiger partial charge in [0, 0.05) is 29.6 Å². The molecule has 8 heteroatoms. The van der Waals surface area contributed by atoms with Gasteiger partial charge in [-0.25, -0.2) is 0 Å². The Balaban J connectivity index is 2.37. The molecule has 0 radical (unpaired) electrons. The molecule has 0 aliphatic heterocycles. The molecule has 1 aromatic carbocycles. The third-order valence-corrected chi connectivity index (χ3v) is 2.86. The topological polar surface area (TPSA) is 55.2 Å². The van der Waals surface area contributed by atoms with Gasteiger partial charge >= 0.3 is 6.18 Å². The second kappa shape index (κ2) is 7.44. The number of rotatable bonds is 7. The number of hydrogen-bond donors (Lipinski definition) is 1. The minimum Gasteiger partial charge on any atom is -0.312 e. The fourth-order valence-corrected chi connectivity index (χ4v) is 1.82. The van der Waals surface area contributed by atoms with Crippen molar-refractivity contribution in [1.29, 1.82) is 0 Å². The highest BCUT2D eigenvalue weighted by atomic mass is 35.5. The van der Waals surface area contributed by atoms with Gasteiger partial charge in [-0.2, -0.15) is 13.2 Å². The molecule has 20 heavy (non-hydrogen) atoms. The first kappa shape index (κ1) is 16.7. The molecule has 0 aromatic heterocycles. The Morgan fingerprint density at radius 1 is 1.30 bits per heavy atom. The van der Waals surface area contributed by atoms with Crippen LogP contribution in [0.25, 0.3) is 0 Å². The molecule has 0 saturated heterocycles. The molecule has 0 amide bonds. The predicted molar refractivity (Wildman–Crippen MR) is 69.7 cm³/mol. The van der Waals surface area contributed by atoms with E-state index < -0.39 is 17.5 Å². The summed E-state index contributed by atoms with van der Waals surface area (Å²) in [5, 5.41) is 14.0. The maximum atomic E-state index is 11.9. The Kier molecular flexibility index (Phi) is 6.22. The van der Waals surface area contributed by atoms with Crippen molar-refractivity contribution in [3.8, 4) is 0 Å². The fourth-order valence-electron chi connectivity index (χ4n) is 1.65. The maximum Gasteiger partial charge on any atom is 0.389 e. The SMILES string of the molecule is O=[N+]([O-])c1cc(Cl)ccc1CNCCCCC(F)(F)F. The predicted octanol–water partition coefficient (Wildman–Crippen LogP) is 4.07. The Hall–Kier alpha value is -1.34. The molecule has 0 aliphatic carbocycles. The summed E-state index contributed by atoms with van der Waals surface area (Å²) in [7, 11) is 0. The van der Waals surface area contributed by atoms with E-state index in [1.54, 1.807) is 0 Å². The van der Waals surface area contributed by atoms with Crippen LogP contribution in [0.5, 0.6) is 0 Å². The van der Waals surface area contributed by atoms with Gasteiger partial charge in [-0.3, -0.25) is 10.1 Å². The first-order valence-corrected chi connectivity index (χ1v) is 6.37. The van der Waals surface area contributed by atoms with Crippen LogP contribution in [0.3, 0.4) is 0 Å². The zero-order valence-electron chi connectivity index (χ0n) is 10.5. The lowest BCUT2D eigenvalue weighted by molar-refractivity contribution is -0.385. The highest BCUT2D eigenvalue weighted by Crippen LogP contribution is 2.23. The summed E-state index contributed by atoms with van der Waals surface area (Å²) in [6.07, 6.45) is -4.54. The Labute approximate surface area is 119 Å². The van der Waals surface area contributed by atoms with E-state index in [1.807, 2.05) is 0 Å². The lowest BCUT2D eigenvalue weighted by atomic mass is 10.1. The van der Waals surface area contributed by atoms with E-state index in [0.717, 1.165) is 0 Å². The zero-order chi connectivity index (χ0) is 15.2. The van der Waals surface area contributed by atoms with Crippen molar-refractivity contribution in [2.45, 2.75) is 32.0 Å². The normalized spacial score (nSPS) is 11.6. The van der Waals surface area contributed by atoms with Gasteiger partial charge in [0.2, 0.25) is 0 Å².